The Morgan fingerprint density at radius 1 is 1.30 bits per heavy atom. The fourth-order valence-corrected chi connectivity index (χ4v) is 2.49. The van der Waals surface area contributed by atoms with E-state index in [2.05, 4.69) is 20.1 Å². The number of rotatable bonds is 6. The summed E-state index contributed by atoms with van der Waals surface area (Å²) in [5.74, 6) is 0.370. The zero-order chi connectivity index (χ0) is 17.0. The maximum Gasteiger partial charge on any atom is 0.225 e. The van der Waals surface area contributed by atoms with Gasteiger partial charge in [0.2, 0.25) is 15.9 Å². The maximum atomic E-state index is 11.7. The summed E-state index contributed by atoms with van der Waals surface area (Å²) in [4.78, 5) is 16.0. The molecule has 0 radical (unpaired) electrons. The number of amides is 1. The second-order valence-electron chi connectivity index (χ2n) is 5.21. The Morgan fingerprint density at radius 3 is 2.57 bits per heavy atom. The highest BCUT2D eigenvalue weighted by molar-refractivity contribution is 7.88. The van der Waals surface area contributed by atoms with Crippen LogP contribution in [-0.2, 0) is 14.8 Å². The van der Waals surface area contributed by atoms with Gasteiger partial charge in [0.25, 0.3) is 0 Å². The van der Waals surface area contributed by atoms with Crippen molar-refractivity contribution in [3.63, 3.8) is 0 Å². The van der Waals surface area contributed by atoms with Gasteiger partial charge >= 0.3 is 0 Å². The summed E-state index contributed by atoms with van der Waals surface area (Å²) in [5.41, 5.74) is 2.42. The van der Waals surface area contributed by atoms with Crippen molar-refractivity contribution in [1.82, 2.24) is 19.5 Å². The van der Waals surface area contributed by atoms with Gasteiger partial charge in [-0.1, -0.05) is 0 Å². The number of sulfonamides is 1. The number of carbonyl (C=O) groups is 1. The molecular formula is C14H19N5O3S. The highest BCUT2D eigenvalue weighted by Crippen LogP contribution is 2.12. The SMILES string of the molecule is Cc1cc(C)n(-c2ccc(NC(=O)CCNS(C)(=O)=O)cn2)n1. The molecule has 2 aromatic rings. The van der Waals surface area contributed by atoms with Crippen LogP contribution in [0.4, 0.5) is 5.69 Å². The van der Waals surface area contributed by atoms with Crippen LogP contribution in [0.15, 0.2) is 24.4 Å². The Morgan fingerprint density at radius 2 is 2.04 bits per heavy atom. The smallest absolute Gasteiger partial charge is 0.225 e. The molecule has 9 heteroatoms. The number of aryl methyl sites for hydroxylation is 2. The van der Waals surface area contributed by atoms with Crippen molar-refractivity contribution in [2.75, 3.05) is 18.1 Å². The van der Waals surface area contributed by atoms with Crippen LogP contribution in [0.2, 0.25) is 0 Å². The molecule has 0 fully saturated rings. The summed E-state index contributed by atoms with van der Waals surface area (Å²) >= 11 is 0. The first-order chi connectivity index (χ1) is 10.7. The summed E-state index contributed by atoms with van der Waals surface area (Å²) < 4.78 is 25.8. The van der Waals surface area contributed by atoms with Crippen LogP contribution >= 0.6 is 0 Å². The molecular weight excluding hydrogens is 318 g/mol. The van der Waals surface area contributed by atoms with E-state index >= 15 is 0 Å². The third-order valence-electron chi connectivity index (χ3n) is 2.97. The van der Waals surface area contributed by atoms with Gasteiger partial charge in [-0.05, 0) is 32.0 Å². The van der Waals surface area contributed by atoms with Crippen molar-refractivity contribution in [2.45, 2.75) is 20.3 Å². The number of hydrogen-bond acceptors (Lipinski definition) is 5. The van der Waals surface area contributed by atoms with Gasteiger partial charge in [-0.15, -0.1) is 0 Å². The predicted molar refractivity (Wildman–Crippen MR) is 86.9 cm³/mol. The Hall–Kier alpha value is -2.26. The molecule has 0 saturated carbocycles. The Labute approximate surface area is 135 Å². The predicted octanol–water partition coefficient (Wildman–Crippen LogP) is 0.762. The molecule has 2 heterocycles. The monoisotopic (exact) mass is 337 g/mol. The number of pyridine rings is 1. The van der Waals surface area contributed by atoms with E-state index in [1.54, 1.807) is 16.8 Å². The maximum absolute atomic E-state index is 11.7. The van der Waals surface area contributed by atoms with Gasteiger partial charge in [0, 0.05) is 18.7 Å². The van der Waals surface area contributed by atoms with Crippen molar-refractivity contribution < 1.29 is 13.2 Å². The van der Waals surface area contributed by atoms with E-state index in [9.17, 15) is 13.2 Å². The summed E-state index contributed by atoms with van der Waals surface area (Å²) in [6.07, 6.45) is 2.63. The fourth-order valence-electron chi connectivity index (χ4n) is 2.02. The molecule has 2 aromatic heterocycles. The van der Waals surface area contributed by atoms with Crippen LogP contribution in [0, 0.1) is 13.8 Å². The van der Waals surface area contributed by atoms with Crippen molar-refractivity contribution in [2.24, 2.45) is 0 Å². The van der Waals surface area contributed by atoms with Gasteiger partial charge in [-0.3, -0.25) is 4.79 Å². The number of aromatic nitrogens is 3. The fraction of sp³-hybridized carbons (Fsp3) is 0.357. The van der Waals surface area contributed by atoms with Gasteiger partial charge in [-0.25, -0.2) is 22.8 Å². The largest absolute Gasteiger partial charge is 0.325 e. The van der Waals surface area contributed by atoms with Crippen LogP contribution < -0.4 is 10.0 Å². The number of hydrogen-bond donors (Lipinski definition) is 2. The first-order valence-corrected chi connectivity index (χ1v) is 8.88. The standard InChI is InChI=1S/C14H19N5O3S/c1-10-8-11(2)19(18-10)13-5-4-12(9-15-13)17-14(20)6-7-16-23(3,21)22/h4-5,8-9,16H,6-7H2,1-3H3,(H,17,20). The van der Waals surface area contributed by atoms with Gasteiger partial charge in [-0.2, -0.15) is 5.10 Å². The van der Waals surface area contributed by atoms with Crippen LogP contribution in [0.3, 0.4) is 0 Å². The molecule has 0 atom stereocenters. The van der Waals surface area contributed by atoms with Crippen LogP contribution in [0.5, 0.6) is 0 Å². The molecule has 1 amide bonds. The minimum atomic E-state index is -3.28. The first-order valence-electron chi connectivity index (χ1n) is 6.99. The lowest BCUT2D eigenvalue weighted by molar-refractivity contribution is -0.116. The molecule has 0 unspecified atom stereocenters. The minimum absolute atomic E-state index is 0.0479. The molecule has 2 rings (SSSR count). The topological polar surface area (TPSA) is 106 Å². The van der Waals surface area contributed by atoms with Crippen molar-refractivity contribution in [1.29, 1.82) is 0 Å². The third-order valence-corrected chi connectivity index (χ3v) is 3.70. The Balaban J connectivity index is 1.95. The summed E-state index contributed by atoms with van der Waals surface area (Å²) in [7, 11) is -3.28. The van der Waals surface area contributed by atoms with Crippen molar-refractivity contribution in [3.05, 3.63) is 35.8 Å². The summed E-state index contributed by atoms with van der Waals surface area (Å²) in [6, 6.07) is 5.43. The molecule has 0 aliphatic heterocycles. The molecule has 8 nitrogen and oxygen atoms in total. The van der Waals surface area contributed by atoms with Gasteiger partial charge in [0.05, 0.1) is 23.8 Å². The molecule has 0 spiro atoms. The molecule has 0 bridgehead atoms. The van der Waals surface area contributed by atoms with E-state index in [1.165, 1.54) is 6.20 Å². The van der Waals surface area contributed by atoms with E-state index < -0.39 is 10.0 Å². The summed E-state index contributed by atoms with van der Waals surface area (Å²) in [5, 5.41) is 7.00. The number of nitrogens with zero attached hydrogens (tertiary/aromatic N) is 3. The molecule has 0 aromatic carbocycles. The van der Waals surface area contributed by atoms with Crippen LogP contribution in [0.25, 0.3) is 5.82 Å². The van der Waals surface area contributed by atoms with E-state index in [-0.39, 0.29) is 18.9 Å². The van der Waals surface area contributed by atoms with E-state index in [0.29, 0.717) is 11.5 Å². The molecule has 23 heavy (non-hydrogen) atoms. The number of anilines is 1. The lowest BCUT2D eigenvalue weighted by Gasteiger charge is -2.07. The van der Waals surface area contributed by atoms with E-state index in [0.717, 1.165) is 17.6 Å². The van der Waals surface area contributed by atoms with E-state index in [4.69, 9.17) is 0 Å². The third kappa shape index (κ3) is 5.15. The molecule has 124 valence electrons. The van der Waals surface area contributed by atoms with Gasteiger partial charge in [0.15, 0.2) is 5.82 Å². The average Bonchev–Trinajstić information content (AvgIpc) is 2.77. The number of nitrogens with one attached hydrogen (secondary N) is 2. The molecule has 0 saturated heterocycles. The lowest BCUT2D eigenvalue weighted by atomic mass is 10.3. The number of carbonyl (C=O) groups excluding carboxylic acids is 1. The quantitative estimate of drug-likeness (QED) is 0.809. The molecule has 0 aliphatic carbocycles. The van der Waals surface area contributed by atoms with Crippen LogP contribution in [0.1, 0.15) is 17.8 Å². The first kappa shape index (κ1) is 17.1. The zero-order valence-electron chi connectivity index (χ0n) is 13.2. The van der Waals surface area contributed by atoms with E-state index in [1.807, 2.05) is 19.9 Å². The highest BCUT2D eigenvalue weighted by Gasteiger charge is 2.07. The highest BCUT2D eigenvalue weighted by atomic mass is 32.2. The second-order valence-corrected chi connectivity index (χ2v) is 7.04. The molecule has 0 aliphatic rings. The normalized spacial score (nSPS) is 11.4. The zero-order valence-corrected chi connectivity index (χ0v) is 14.0. The molecule has 2 N–H and O–H groups in total. The van der Waals surface area contributed by atoms with Gasteiger partial charge < -0.3 is 5.32 Å². The minimum Gasteiger partial charge on any atom is -0.325 e. The Bertz CT molecular complexity index is 796. The van der Waals surface area contributed by atoms with Gasteiger partial charge in [0.1, 0.15) is 0 Å². The Kier molecular flexibility index (Phi) is 5.12. The van der Waals surface area contributed by atoms with Crippen molar-refractivity contribution >= 4 is 21.6 Å². The van der Waals surface area contributed by atoms with Crippen LogP contribution in [-0.4, -0.2) is 41.9 Å². The lowest BCUT2D eigenvalue weighted by Crippen LogP contribution is -2.26. The average molecular weight is 337 g/mol. The summed E-state index contributed by atoms with van der Waals surface area (Å²) in [6.45, 7) is 3.90. The second kappa shape index (κ2) is 6.88. The van der Waals surface area contributed by atoms with Crippen molar-refractivity contribution in [3.8, 4) is 5.82 Å².